The lowest BCUT2D eigenvalue weighted by atomic mass is 10.2. The van der Waals surface area contributed by atoms with Crippen molar-refractivity contribution in [3.63, 3.8) is 0 Å². The largest absolute Gasteiger partial charge is 0.359 e. The van der Waals surface area contributed by atoms with Crippen LogP contribution in [0.2, 0.25) is 0 Å². The Kier molecular flexibility index (Phi) is 2.27. The molecule has 2 N–H and O–H groups in total. The highest BCUT2D eigenvalue weighted by atomic mass is 16.5. The summed E-state index contributed by atoms with van der Waals surface area (Å²) in [6.45, 7) is 0.867. The Balaban J connectivity index is 1.86. The molecular formula is C8H13N3O. The van der Waals surface area contributed by atoms with Crippen LogP contribution in [-0.2, 0) is 4.74 Å². The Morgan fingerprint density at radius 2 is 2.58 bits per heavy atom. The van der Waals surface area contributed by atoms with Gasteiger partial charge in [0, 0.05) is 12.7 Å². The first-order valence-corrected chi connectivity index (χ1v) is 4.33. The van der Waals surface area contributed by atoms with E-state index in [9.17, 15) is 0 Å². The van der Waals surface area contributed by atoms with Gasteiger partial charge in [0.15, 0.2) is 0 Å². The van der Waals surface area contributed by atoms with Gasteiger partial charge in [0.2, 0.25) is 0 Å². The van der Waals surface area contributed by atoms with E-state index in [0.29, 0.717) is 0 Å². The number of aromatic amines is 1. The van der Waals surface area contributed by atoms with Crippen molar-refractivity contribution in [2.75, 3.05) is 11.9 Å². The van der Waals surface area contributed by atoms with E-state index >= 15 is 0 Å². The summed E-state index contributed by atoms with van der Waals surface area (Å²) in [6.07, 6.45) is 5.40. The van der Waals surface area contributed by atoms with Gasteiger partial charge >= 0.3 is 0 Å². The van der Waals surface area contributed by atoms with E-state index in [1.165, 1.54) is 12.8 Å². The van der Waals surface area contributed by atoms with E-state index < -0.39 is 0 Å². The Hall–Kier alpha value is -1.03. The highest BCUT2D eigenvalue weighted by Gasteiger charge is 2.12. The molecule has 1 saturated heterocycles. The Labute approximate surface area is 71.3 Å². The molecule has 0 aromatic carbocycles. The second-order valence-electron chi connectivity index (χ2n) is 2.97. The van der Waals surface area contributed by atoms with Gasteiger partial charge in [0.25, 0.3) is 0 Å². The molecule has 0 amide bonds. The molecule has 2 rings (SSSR count). The summed E-state index contributed by atoms with van der Waals surface area (Å²) in [5, 5.41) is 9.91. The first-order valence-electron chi connectivity index (χ1n) is 4.33. The average Bonchev–Trinajstić information content (AvgIpc) is 2.59. The molecule has 0 aliphatic carbocycles. The van der Waals surface area contributed by atoms with Gasteiger partial charge < -0.3 is 10.1 Å². The molecule has 2 heterocycles. The van der Waals surface area contributed by atoms with Crippen LogP contribution < -0.4 is 5.32 Å². The lowest BCUT2D eigenvalue weighted by Gasteiger charge is -2.23. The summed E-state index contributed by atoms with van der Waals surface area (Å²) >= 11 is 0. The zero-order valence-corrected chi connectivity index (χ0v) is 6.92. The van der Waals surface area contributed by atoms with Crippen LogP contribution in [-0.4, -0.2) is 23.0 Å². The van der Waals surface area contributed by atoms with Crippen molar-refractivity contribution in [3.8, 4) is 0 Å². The van der Waals surface area contributed by atoms with E-state index in [1.54, 1.807) is 6.20 Å². The number of H-pyrrole nitrogens is 1. The molecule has 12 heavy (non-hydrogen) atoms. The highest BCUT2D eigenvalue weighted by molar-refractivity contribution is 5.32. The van der Waals surface area contributed by atoms with Gasteiger partial charge in [0.05, 0.1) is 6.20 Å². The van der Waals surface area contributed by atoms with Crippen molar-refractivity contribution < 1.29 is 4.74 Å². The molecule has 0 radical (unpaired) electrons. The molecule has 0 bridgehead atoms. The second kappa shape index (κ2) is 3.58. The van der Waals surface area contributed by atoms with Gasteiger partial charge in [-0.2, -0.15) is 5.10 Å². The van der Waals surface area contributed by atoms with Gasteiger partial charge in [-0.25, -0.2) is 0 Å². The third-order valence-electron chi connectivity index (χ3n) is 2.00. The molecule has 1 aliphatic rings. The number of ether oxygens (including phenoxy) is 1. The molecule has 1 aliphatic heterocycles. The molecule has 1 aromatic heterocycles. The molecule has 0 spiro atoms. The maximum Gasteiger partial charge on any atom is 0.128 e. The molecule has 66 valence electrons. The van der Waals surface area contributed by atoms with Gasteiger partial charge in [-0.15, -0.1) is 0 Å². The number of hydrogen-bond donors (Lipinski definition) is 2. The maximum absolute atomic E-state index is 5.49. The summed E-state index contributed by atoms with van der Waals surface area (Å²) in [6, 6.07) is 1.90. The topological polar surface area (TPSA) is 49.9 Å². The van der Waals surface area contributed by atoms with Crippen LogP contribution in [0.4, 0.5) is 5.82 Å². The summed E-state index contributed by atoms with van der Waals surface area (Å²) in [5.74, 6) is 0.932. The summed E-state index contributed by atoms with van der Waals surface area (Å²) < 4.78 is 5.49. The first-order chi connectivity index (χ1) is 5.95. The van der Waals surface area contributed by atoms with Gasteiger partial charge in [-0.05, 0) is 19.3 Å². The zero-order chi connectivity index (χ0) is 8.23. The predicted molar refractivity (Wildman–Crippen MR) is 45.8 cm³/mol. The van der Waals surface area contributed by atoms with E-state index in [-0.39, 0.29) is 6.23 Å². The normalized spacial score (nSPS) is 23.8. The predicted octanol–water partition coefficient (Wildman–Crippen LogP) is 1.35. The van der Waals surface area contributed by atoms with Crippen molar-refractivity contribution in [2.45, 2.75) is 25.5 Å². The van der Waals surface area contributed by atoms with Crippen LogP contribution in [0, 0.1) is 0 Å². The monoisotopic (exact) mass is 167 g/mol. The molecule has 4 heteroatoms. The fourth-order valence-corrected chi connectivity index (χ4v) is 1.36. The summed E-state index contributed by atoms with van der Waals surface area (Å²) in [7, 11) is 0. The minimum absolute atomic E-state index is 0.166. The smallest absolute Gasteiger partial charge is 0.128 e. The van der Waals surface area contributed by atoms with Crippen LogP contribution in [0.15, 0.2) is 12.3 Å². The second-order valence-corrected chi connectivity index (χ2v) is 2.97. The van der Waals surface area contributed by atoms with Crippen LogP contribution in [0.3, 0.4) is 0 Å². The lowest BCUT2D eigenvalue weighted by molar-refractivity contribution is 0.0341. The van der Waals surface area contributed by atoms with Crippen LogP contribution >= 0.6 is 0 Å². The van der Waals surface area contributed by atoms with E-state index in [0.717, 1.165) is 18.8 Å². The third-order valence-corrected chi connectivity index (χ3v) is 2.00. The maximum atomic E-state index is 5.49. The molecular weight excluding hydrogens is 154 g/mol. The Bertz CT molecular complexity index is 216. The fourth-order valence-electron chi connectivity index (χ4n) is 1.36. The minimum atomic E-state index is 0.166. The highest BCUT2D eigenvalue weighted by Crippen LogP contribution is 2.14. The van der Waals surface area contributed by atoms with E-state index in [1.807, 2.05) is 6.07 Å². The number of rotatable bonds is 2. The van der Waals surface area contributed by atoms with Crippen LogP contribution in [0.5, 0.6) is 0 Å². The summed E-state index contributed by atoms with van der Waals surface area (Å²) in [4.78, 5) is 0. The molecule has 4 nitrogen and oxygen atoms in total. The quantitative estimate of drug-likeness (QED) is 0.699. The SMILES string of the molecule is c1cc(NC2CCCCO2)[nH]n1. The Morgan fingerprint density at radius 3 is 3.25 bits per heavy atom. The minimum Gasteiger partial charge on any atom is -0.359 e. The van der Waals surface area contributed by atoms with Gasteiger partial charge in [-0.1, -0.05) is 0 Å². The Morgan fingerprint density at radius 1 is 1.58 bits per heavy atom. The van der Waals surface area contributed by atoms with Crippen LogP contribution in [0.25, 0.3) is 0 Å². The number of nitrogens with one attached hydrogen (secondary N) is 2. The molecule has 1 unspecified atom stereocenters. The van der Waals surface area contributed by atoms with Crippen molar-refractivity contribution in [1.29, 1.82) is 0 Å². The number of hydrogen-bond acceptors (Lipinski definition) is 3. The molecule has 1 atom stereocenters. The molecule has 1 aromatic rings. The van der Waals surface area contributed by atoms with E-state index in [4.69, 9.17) is 4.74 Å². The summed E-state index contributed by atoms with van der Waals surface area (Å²) in [5.41, 5.74) is 0. The van der Waals surface area contributed by atoms with Gasteiger partial charge in [0.1, 0.15) is 12.0 Å². The van der Waals surface area contributed by atoms with Crippen molar-refractivity contribution >= 4 is 5.82 Å². The number of anilines is 1. The third kappa shape index (κ3) is 1.76. The molecule has 0 saturated carbocycles. The van der Waals surface area contributed by atoms with Crippen LogP contribution in [0.1, 0.15) is 19.3 Å². The van der Waals surface area contributed by atoms with Crippen molar-refractivity contribution in [3.05, 3.63) is 12.3 Å². The first kappa shape index (κ1) is 7.61. The van der Waals surface area contributed by atoms with Gasteiger partial charge in [-0.3, -0.25) is 5.10 Å². The number of aromatic nitrogens is 2. The fraction of sp³-hybridized carbons (Fsp3) is 0.625. The van der Waals surface area contributed by atoms with Crippen molar-refractivity contribution in [2.24, 2.45) is 0 Å². The standard InChI is InChI=1S/C8H13N3O/c1-2-6-12-8(3-1)10-7-4-5-9-11-7/h4-5,8H,1-3,6H2,(H2,9,10,11). The zero-order valence-electron chi connectivity index (χ0n) is 6.92. The average molecular weight is 167 g/mol. The van der Waals surface area contributed by atoms with Crippen molar-refractivity contribution in [1.82, 2.24) is 10.2 Å². The van der Waals surface area contributed by atoms with E-state index in [2.05, 4.69) is 15.5 Å². The molecule has 1 fully saturated rings. The lowest BCUT2D eigenvalue weighted by Crippen LogP contribution is -2.27. The number of nitrogens with zero attached hydrogens (tertiary/aromatic N) is 1.